The standard InChI is InChI=1S/C16H24N2O6/c1-9(14(20)18-8-4-7-12(18)16(23)24)17-13(19)10-5-2-3-6-11(10)15(21)22/h9-12H,2-8H2,1H3,(H,17,19)(H,21,22)(H,23,24)/t9-,10?,11?,12-/m0/s1. The van der Waals surface area contributed by atoms with Crippen LogP contribution < -0.4 is 5.32 Å². The van der Waals surface area contributed by atoms with E-state index in [9.17, 15) is 24.3 Å². The number of carbonyl (C=O) groups excluding carboxylic acids is 2. The SMILES string of the molecule is C[C@H](NC(=O)C1CCCCC1C(=O)O)C(=O)N1CCC[C@H]1C(=O)O. The first kappa shape index (κ1) is 18.2. The molecule has 1 saturated heterocycles. The first-order chi connectivity index (χ1) is 11.3. The summed E-state index contributed by atoms with van der Waals surface area (Å²) in [5, 5.41) is 21.0. The monoisotopic (exact) mass is 340 g/mol. The predicted molar refractivity (Wildman–Crippen MR) is 83.1 cm³/mol. The molecular formula is C16H24N2O6. The summed E-state index contributed by atoms with van der Waals surface area (Å²) in [7, 11) is 0. The maximum absolute atomic E-state index is 12.4. The number of nitrogens with one attached hydrogen (secondary N) is 1. The van der Waals surface area contributed by atoms with E-state index in [1.807, 2.05) is 0 Å². The molecule has 0 spiro atoms. The Morgan fingerprint density at radius 1 is 0.958 bits per heavy atom. The largest absolute Gasteiger partial charge is 0.481 e. The molecule has 24 heavy (non-hydrogen) atoms. The normalized spacial score (nSPS) is 28.2. The van der Waals surface area contributed by atoms with Crippen molar-refractivity contribution in [2.45, 2.75) is 57.5 Å². The summed E-state index contributed by atoms with van der Waals surface area (Å²) in [5.74, 6) is -4.26. The second kappa shape index (κ2) is 7.63. The molecule has 2 rings (SSSR count). The number of likely N-dealkylation sites (tertiary alicyclic amines) is 1. The van der Waals surface area contributed by atoms with Gasteiger partial charge in [0.15, 0.2) is 0 Å². The molecule has 4 atom stereocenters. The summed E-state index contributed by atoms with van der Waals surface area (Å²) in [5.41, 5.74) is 0. The highest BCUT2D eigenvalue weighted by atomic mass is 16.4. The molecule has 8 heteroatoms. The minimum Gasteiger partial charge on any atom is -0.481 e. The molecule has 1 aliphatic carbocycles. The van der Waals surface area contributed by atoms with Crippen LogP contribution in [0.3, 0.4) is 0 Å². The van der Waals surface area contributed by atoms with Gasteiger partial charge in [0, 0.05) is 6.54 Å². The Kier molecular flexibility index (Phi) is 5.80. The maximum Gasteiger partial charge on any atom is 0.326 e. The second-order valence-corrected chi connectivity index (χ2v) is 6.59. The van der Waals surface area contributed by atoms with Crippen LogP contribution in [0.4, 0.5) is 0 Å². The Morgan fingerprint density at radius 2 is 1.58 bits per heavy atom. The summed E-state index contributed by atoms with van der Waals surface area (Å²) >= 11 is 0. The van der Waals surface area contributed by atoms with E-state index < -0.39 is 47.7 Å². The van der Waals surface area contributed by atoms with Gasteiger partial charge in [0.2, 0.25) is 11.8 Å². The van der Waals surface area contributed by atoms with Crippen molar-refractivity contribution in [3.8, 4) is 0 Å². The molecule has 2 fully saturated rings. The highest BCUT2D eigenvalue weighted by Crippen LogP contribution is 2.30. The number of carboxylic acids is 2. The van der Waals surface area contributed by atoms with E-state index in [1.54, 1.807) is 0 Å². The van der Waals surface area contributed by atoms with Crippen molar-refractivity contribution in [2.24, 2.45) is 11.8 Å². The summed E-state index contributed by atoms with van der Waals surface area (Å²) in [6.07, 6.45) is 3.55. The molecule has 0 bridgehead atoms. The molecule has 2 unspecified atom stereocenters. The van der Waals surface area contributed by atoms with Crippen molar-refractivity contribution >= 4 is 23.8 Å². The van der Waals surface area contributed by atoms with Crippen LogP contribution in [0.25, 0.3) is 0 Å². The van der Waals surface area contributed by atoms with E-state index in [-0.39, 0.29) is 0 Å². The van der Waals surface area contributed by atoms with E-state index >= 15 is 0 Å². The fourth-order valence-electron chi connectivity index (χ4n) is 3.66. The van der Waals surface area contributed by atoms with Crippen molar-refractivity contribution in [2.75, 3.05) is 6.54 Å². The lowest BCUT2D eigenvalue weighted by atomic mass is 9.78. The number of hydrogen-bond acceptors (Lipinski definition) is 4. The van der Waals surface area contributed by atoms with Crippen LogP contribution in [0, 0.1) is 11.8 Å². The number of carbonyl (C=O) groups is 4. The van der Waals surface area contributed by atoms with Crippen LogP contribution >= 0.6 is 0 Å². The smallest absolute Gasteiger partial charge is 0.326 e. The van der Waals surface area contributed by atoms with Crippen molar-refractivity contribution in [1.29, 1.82) is 0 Å². The molecule has 1 saturated carbocycles. The highest BCUT2D eigenvalue weighted by molar-refractivity contribution is 5.92. The van der Waals surface area contributed by atoms with Gasteiger partial charge in [0.25, 0.3) is 0 Å². The average molecular weight is 340 g/mol. The summed E-state index contributed by atoms with van der Waals surface area (Å²) in [4.78, 5) is 48.6. The van der Waals surface area contributed by atoms with E-state index in [4.69, 9.17) is 5.11 Å². The number of nitrogens with zero attached hydrogens (tertiary/aromatic N) is 1. The molecule has 0 aromatic rings. The molecule has 134 valence electrons. The zero-order valence-corrected chi connectivity index (χ0v) is 13.7. The summed E-state index contributed by atoms with van der Waals surface area (Å²) in [6.45, 7) is 1.87. The van der Waals surface area contributed by atoms with Gasteiger partial charge >= 0.3 is 11.9 Å². The minimum absolute atomic E-state index is 0.358. The van der Waals surface area contributed by atoms with Crippen LogP contribution in [0.2, 0.25) is 0 Å². The van der Waals surface area contributed by atoms with E-state index in [1.165, 1.54) is 11.8 Å². The molecular weight excluding hydrogens is 316 g/mol. The molecule has 2 amide bonds. The third-order valence-corrected chi connectivity index (χ3v) is 4.97. The van der Waals surface area contributed by atoms with E-state index in [0.29, 0.717) is 32.2 Å². The van der Waals surface area contributed by atoms with Gasteiger partial charge in [-0.1, -0.05) is 12.8 Å². The fourth-order valence-corrected chi connectivity index (χ4v) is 3.66. The van der Waals surface area contributed by atoms with E-state index in [2.05, 4.69) is 5.32 Å². The van der Waals surface area contributed by atoms with Gasteiger partial charge in [-0.3, -0.25) is 14.4 Å². The highest BCUT2D eigenvalue weighted by Gasteiger charge is 2.39. The lowest BCUT2D eigenvalue weighted by Gasteiger charge is -2.30. The molecule has 1 heterocycles. The summed E-state index contributed by atoms with van der Waals surface area (Å²) < 4.78 is 0. The van der Waals surface area contributed by atoms with Crippen LogP contribution in [-0.4, -0.2) is 57.5 Å². The molecule has 2 aliphatic rings. The van der Waals surface area contributed by atoms with Crippen molar-refractivity contribution in [3.05, 3.63) is 0 Å². The van der Waals surface area contributed by atoms with Gasteiger partial charge in [0.1, 0.15) is 12.1 Å². The van der Waals surface area contributed by atoms with Crippen molar-refractivity contribution in [3.63, 3.8) is 0 Å². The van der Waals surface area contributed by atoms with Gasteiger partial charge in [-0.15, -0.1) is 0 Å². The van der Waals surface area contributed by atoms with Crippen LogP contribution in [0.15, 0.2) is 0 Å². The van der Waals surface area contributed by atoms with Gasteiger partial charge in [0.05, 0.1) is 11.8 Å². The number of aliphatic carboxylic acids is 2. The molecule has 8 nitrogen and oxygen atoms in total. The lowest BCUT2D eigenvalue weighted by molar-refractivity contribution is -0.151. The molecule has 1 aliphatic heterocycles. The number of amides is 2. The average Bonchev–Trinajstić information content (AvgIpc) is 3.03. The number of carboxylic acid groups (broad SMARTS) is 2. The third kappa shape index (κ3) is 3.85. The third-order valence-electron chi connectivity index (χ3n) is 4.97. The number of rotatable bonds is 5. The zero-order chi connectivity index (χ0) is 17.9. The van der Waals surface area contributed by atoms with Crippen molar-refractivity contribution in [1.82, 2.24) is 10.2 Å². The van der Waals surface area contributed by atoms with Crippen LogP contribution in [0.1, 0.15) is 45.4 Å². The molecule has 0 aromatic carbocycles. The maximum atomic E-state index is 12.4. The lowest BCUT2D eigenvalue weighted by Crippen LogP contribution is -2.52. The first-order valence-corrected chi connectivity index (χ1v) is 8.39. The van der Waals surface area contributed by atoms with Gasteiger partial charge in [-0.2, -0.15) is 0 Å². The molecule has 0 radical (unpaired) electrons. The molecule has 0 aromatic heterocycles. The van der Waals surface area contributed by atoms with E-state index in [0.717, 1.165) is 12.8 Å². The number of hydrogen-bond donors (Lipinski definition) is 3. The minimum atomic E-state index is -1.04. The Bertz CT molecular complexity index is 535. The first-order valence-electron chi connectivity index (χ1n) is 8.39. The summed E-state index contributed by atoms with van der Waals surface area (Å²) in [6, 6.07) is -1.72. The topological polar surface area (TPSA) is 124 Å². The van der Waals surface area contributed by atoms with Crippen LogP contribution in [0.5, 0.6) is 0 Å². The Labute approximate surface area is 140 Å². The van der Waals surface area contributed by atoms with Crippen LogP contribution in [-0.2, 0) is 19.2 Å². The fraction of sp³-hybridized carbons (Fsp3) is 0.750. The molecule has 3 N–H and O–H groups in total. The predicted octanol–water partition coefficient (Wildman–Crippen LogP) is 0.458. The Morgan fingerprint density at radius 3 is 2.17 bits per heavy atom. The second-order valence-electron chi connectivity index (χ2n) is 6.59. The quantitative estimate of drug-likeness (QED) is 0.668. The Hall–Kier alpha value is -2.12. The van der Waals surface area contributed by atoms with Crippen molar-refractivity contribution < 1.29 is 29.4 Å². The van der Waals surface area contributed by atoms with Gasteiger partial charge < -0.3 is 20.4 Å². The van der Waals surface area contributed by atoms with Gasteiger partial charge in [-0.25, -0.2) is 4.79 Å². The zero-order valence-electron chi connectivity index (χ0n) is 13.7. The van der Waals surface area contributed by atoms with Gasteiger partial charge in [-0.05, 0) is 32.6 Å². The Balaban J connectivity index is 1.98.